The van der Waals surface area contributed by atoms with Crippen LogP contribution in [0.2, 0.25) is 0 Å². The van der Waals surface area contributed by atoms with E-state index in [9.17, 15) is 44.3 Å². The fraction of sp³-hybridized carbons (Fsp3) is 0.625. The molecule has 0 heterocycles. The van der Waals surface area contributed by atoms with Crippen molar-refractivity contribution in [1.82, 2.24) is 0 Å². The second kappa shape index (κ2) is 5.29. The van der Waals surface area contributed by atoms with Gasteiger partial charge in [-0.15, -0.1) is 0 Å². The van der Waals surface area contributed by atoms with Crippen molar-refractivity contribution in [3.05, 3.63) is 12.7 Å². The summed E-state index contributed by atoms with van der Waals surface area (Å²) in [5.41, 5.74) is 0. The molecule has 0 aromatic rings. The van der Waals surface area contributed by atoms with Crippen LogP contribution in [-0.2, 0) is 9.53 Å². The lowest BCUT2D eigenvalue weighted by Crippen LogP contribution is -2.61. The SMILES string of the molecule is C=CC(=O)OC(F)C(F)(F)C(F)(F)C(F)(F)C(F)F. The molecule has 2 nitrogen and oxygen atoms in total. The summed E-state index contributed by atoms with van der Waals surface area (Å²) in [5, 5.41) is 0. The molecule has 0 aromatic heterocycles. The van der Waals surface area contributed by atoms with Crippen molar-refractivity contribution >= 4 is 5.97 Å². The summed E-state index contributed by atoms with van der Waals surface area (Å²) in [5.74, 6) is -21.6. The van der Waals surface area contributed by atoms with Crippen molar-refractivity contribution in [2.45, 2.75) is 30.6 Å². The van der Waals surface area contributed by atoms with Crippen molar-refractivity contribution in [3.63, 3.8) is 0 Å². The number of hydrogen-bond acceptors (Lipinski definition) is 2. The minimum Gasteiger partial charge on any atom is -0.421 e. The Kier molecular flexibility index (Phi) is 4.90. The maximum atomic E-state index is 12.7. The first kappa shape index (κ1) is 17.6. The van der Waals surface area contributed by atoms with Crippen LogP contribution in [0.3, 0.4) is 0 Å². The normalized spacial score (nSPS) is 15.3. The smallest absolute Gasteiger partial charge is 0.384 e. The van der Waals surface area contributed by atoms with E-state index in [0.29, 0.717) is 0 Å². The number of rotatable bonds is 6. The summed E-state index contributed by atoms with van der Waals surface area (Å²) in [6, 6.07) is 0. The van der Waals surface area contributed by atoms with Gasteiger partial charge in [0.2, 0.25) is 0 Å². The summed E-state index contributed by atoms with van der Waals surface area (Å²) in [7, 11) is 0. The number of carbonyl (C=O) groups excluding carboxylic acids is 1. The highest BCUT2D eigenvalue weighted by atomic mass is 19.4. The third-order valence-corrected chi connectivity index (χ3v) is 1.78. The molecule has 0 aliphatic rings. The molecule has 0 fully saturated rings. The van der Waals surface area contributed by atoms with Gasteiger partial charge in [0.25, 0.3) is 0 Å². The van der Waals surface area contributed by atoms with E-state index in [0.717, 1.165) is 0 Å². The second-order valence-corrected chi connectivity index (χ2v) is 3.08. The zero-order chi connectivity index (χ0) is 15.6. The summed E-state index contributed by atoms with van der Waals surface area (Å²) in [6.45, 7) is 2.59. The molecule has 0 rings (SSSR count). The maximum absolute atomic E-state index is 12.7. The monoisotopic (exact) mass is 304 g/mol. The highest BCUT2D eigenvalue weighted by molar-refractivity contribution is 5.81. The Morgan fingerprint density at radius 3 is 1.74 bits per heavy atom. The summed E-state index contributed by atoms with van der Waals surface area (Å²) >= 11 is 0. The van der Waals surface area contributed by atoms with Gasteiger partial charge < -0.3 is 4.74 Å². The fourth-order valence-corrected chi connectivity index (χ4v) is 0.726. The molecule has 0 N–H and O–H groups in total. The molecule has 0 amide bonds. The van der Waals surface area contributed by atoms with Crippen LogP contribution in [0.4, 0.5) is 39.5 Å². The van der Waals surface area contributed by atoms with Crippen LogP contribution in [-0.4, -0.2) is 36.5 Å². The Labute approximate surface area is 99.4 Å². The van der Waals surface area contributed by atoms with Crippen molar-refractivity contribution < 1.29 is 49.0 Å². The van der Waals surface area contributed by atoms with Gasteiger partial charge in [-0.2, -0.15) is 30.7 Å². The van der Waals surface area contributed by atoms with Crippen LogP contribution in [0.15, 0.2) is 12.7 Å². The first-order chi connectivity index (χ1) is 8.32. The molecule has 0 aromatic carbocycles. The molecule has 0 saturated carbocycles. The van der Waals surface area contributed by atoms with Gasteiger partial charge in [0, 0.05) is 6.08 Å². The van der Waals surface area contributed by atoms with Gasteiger partial charge in [-0.05, 0) is 0 Å². The average Bonchev–Trinajstić information content (AvgIpc) is 2.27. The predicted octanol–water partition coefficient (Wildman–Crippen LogP) is 3.18. The Morgan fingerprint density at radius 2 is 1.42 bits per heavy atom. The van der Waals surface area contributed by atoms with Crippen LogP contribution in [0, 0.1) is 0 Å². The number of halogens is 9. The first-order valence-electron chi connectivity index (χ1n) is 4.21. The van der Waals surface area contributed by atoms with Gasteiger partial charge in [0.05, 0.1) is 0 Å². The lowest BCUT2D eigenvalue weighted by molar-refractivity contribution is -0.368. The van der Waals surface area contributed by atoms with E-state index >= 15 is 0 Å². The lowest BCUT2D eigenvalue weighted by Gasteiger charge is -2.33. The zero-order valence-electron chi connectivity index (χ0n) is 8.66. The first-order valence-corrected chi connectivity index (χ1v) is 4.21. The second-order valence-electron chi connectivity index (χ2n) is 3.08. The molecule has 11 heteroatoms. The van der Waals surface area contributed by atoms with Gasteiger partial charge in [0.1, 0.15) is 0 Å². The van der Waals surface area contributed by atoms with Crippen LogP contribution >= 0.6 is 0 Å². The number of ether oxygens (including phenoxy) is 1. The van der Waals surface area contributed by atoms with Crippen LogP contribution in [0.25, 0.3) is 0 Å². The topological polar surface area (TPSA) is 26.3 Å². The third-order valence-electron chi connectivity index (χ3n) is 1.78. The third kappa shape index (κ3) is 2.95. The number of esters is 1. The Bertz CT molecular complexity index is 352. The Morgan fingerprint density at radius 1 is 1.00 bits per heavy atom. The molecule has 0 bridgehead atoms. The Balaban J connectivity index is 5.38. The van der Waals surface area contributed by atoms with Gasteiger partial charge in [0.15, 0.2) is 0 Å². The molecule has 1 atom stereocenters. The molecule has 0 aliphatic heterocycles. The quantitative estimate of drug-likeness (QED) is 0.428. The molecular weight excluding hydrogens is 299 g/mol. The highest BCUT2D eigenvalue weighted by Crippen LogP contribution is 2.50. The largest absolute Gasteiger partial charge is 0.421 e. The number of hydrogen-bond donors (Lipinski definition) is 0. The van der Waals surface area contributed by atoms with E-state index in [1.165, 1.54) is 0 Å². The lowest BCUT2D eigenvalue weighted by atomic mass is 10.0. The van der Waals surface area contributed by atoms with Crippen molar-refractivity contribution in [2.24, 2.45) is 0 Å². The minimum absolute atomic E-state index is 0.0755. The number of alkyl halides is 9. The highest BCUT2D eigenvalue weighted by Gasteiger charge is 2.79. The van der Waals surface area contributed by atoms with Crippen LogP contribution in [0.5, 0.6) is 0 Å². The van der Waals surface area contributed by atoms with E-state index < -0.39 is 36.5 Å². The molecule has 19 heavy (non-hydrogen) atoms. The molecule has 1 unspecified atom stereocenters. The maximum Gasteiger partial charge on any atom is 0.384 e. The van der Waals surface area contributed by atoms with E-state index in [-0.39, 0.29) is 6.08 Å². The van der Waals surface area contributed by atoms with Crippen LogP contribution < -0.4 is 0 Å². The van der Waals surface area contributed by atoms with Gasteiger partial charge in [-0.1, -0.05) is 6.58 Å². The van der Waals surface area contributed by atoms with Crippen molar-refractivity contribution in [3.8, 4) is 0 Å². The molecule has 0 saturated heterocycles. The molecule has 112 valence electrons. The van der Waals surface area contributed by atoms with Crippen molar-refractivity contribution in [1.29, 1.82) is 0 Å². The van der Waals surface area contributed by atoms with E-state index in [4.69, 9.17) is 0 Å². The minimum atomic E-state index is -6.78. The number of carbonyl (C=O) groups is 1. The zero-order valence-corrected chi connectivity index (χ0v) is 8.66. The van der Waals surface area contributed by atoms with E-state index in [2.05, 4.69) is 11.3 Å². The molecule has 0 spiro atoms. The van der Waals surface area contributed by atoms with Gasteiger partial charge in [-0.25, -0.2) is 13.6 Å². The summed E-state index contributed by atoms with van der Waals surface area (Å²) in [6.07, 6.45) is -9.67. The summed E-state index contributed by atoms with van der Waals surface area (Å²) < 4.78 is 114. The predicted molar refractivity (Wildman–Crippen MR) is 42.0 cm³/mol. The molecule has 0 radical (unpaired) electrons. The Hall–Kier alpha value is -1.42. The fourth-order valence-electron chi connectivity index (χ4n) is 0.726. The summed E-state index contributed by atoms with van der Waals surface area (Å²) in [4.78, 5) is 10.3. The van der Waals surface area contributed by atoms with Crippen LogP contribution in [0.1, 0.15) is 0 Å². The molecule has 0 aliphatic carbocycles. The average molecular weight is 304 g/mol. The van der Waals surface area contributed by atoms with Gasteiger partial charge >= 0.3 is 36.5 Å². The van der Waals surface area contributed by atoms with E-state index in [1.807, 2.05) is 0 Å². The molecular formula is C8H5F9O2. The van der Waals surface area contributed by atoms with Gasteiger partial charge in [-0.3, -0.25) is 0 Å². The van der Waals surface area contributed by atoms with Crippen molar-refractivity contribution in [2.75, 3.05) is 0 Å². The van der Waals surface area contributed by atoms with E-state index in [1.54, 1.807) is 0 Å². The standard InChI is InChI=1S/C8H5F9O2/c1-2-3(18)19-5(11)7(14,15)8(16,17)6(12,13)4(9)10/h2,4-5H,1H2.